The third kappa shape index (κ3) is 6.95. The first kappa shape index (κ1) is 40.5. The molecule has 1 aliphatic carbocycles. The van der Waals surface area contributed by atoms with E-state index in [0.29, 0.717) is 0 Å². The molecule has 1 aliphatic heterocycles. The van der Waals surface area contributed by atoms with Crippen molar-refractivity contribution in [2.45, 2.75) is 19.3 Å². The van der Waals surface area contributed by atoms with Crippen molar-refractivity contribution >= 4 is 27.8 Å². The van der Waals surface area contributed by atoms with Crippen molar-refractivity contribution in [3.05, 3.63) is 260 Å². The lowest BCUT2D eigenvalue weighted by Gasteiger charge is -2.28. The highest BCUT2D eigenvalue weighted by Gasteiger charge is 2.36. The van der Waals surface area contributed by atoms with E-state index in [2.05, 4.69) is 267 Å². The number of anilines is 3. The number of ether oxygens (including phenoxy) is 1. The molecule has 0 spiro atoms. The topological polar surface area (TPSA) is 12.5 Å². The van der Waals surface area contributed by atoms with Crippen LogP contribution in [0, 0.1) is 0 Å². The van der Waals surface area contributed by atoms with Crippen LogP contribution < -0.4 is 9.64 Å². The highest BCUT2D eigenvalue weighted by atomic mass is 16.5. The molecule has 0 atom stereocenters. The van der Waals surface area contributed by atoms with Gasteiger partial charge in [-0.3, -0.25) is 0 Å². The quantitative estimate of drug-likeness (QED) is 0.158. The van der Waals surface area contributed by atoms with Crippen LogP contribution in [0.4, 0.5) is 17.1 Å². The molecule has 0 saturated carbocycles. The summed E-state index contributed by atoms with van der Waals surface area (Å²) in [7, 11) is 0. The minimum atomic E-state index is -0.110. The second-order valence-corrected chi connectivity index (χ2v) is 18.9. The summed E-state index contributed by atoms with van der Waals surface area (Å²) in [5.41, 5.74) is 22.5. The van der Waals surface area contributed by atoms with E-state index in [1.54, 1.807) is 0 Å². The first-order chi connectivity index (χ1) is 33.9. The molecule has 0 radical (unpaired) electrons. The smallest absolute Gasteiger partial charge is 0.135 e. The van der Waals surface area contributed by atoms with Gasteiger partial charge in [0.05, 0.1) is 0 Å². The van der Waals surface area contributed by atoms with Gasteiger partial charge in [0.15, 0.2) is 0 Å². The molecule has 0 amide bonds. The SMILES string of the molecule is CC1(C)c2ccccc2-c2ccc(N(c3ccc(-c4ccccc4)cc3)c3ccc(-c4ccc(-c5cccc6c5-c5cc7ccccc7cc5-c5cc(-c7ccccc7)ccc5O6)cc4)cc3)cc21. The van der Waals surface area contributed by atoms with Gasteiger partial charge < -0.3 is 9.64 Å². The lowest BCUT2D eigenvalue weighted by Crippen LogP contribution is -2.16. The van der Waals surface area contributed by atoms with Crippen LogP contribution in [-0.4, -0.2) is 0 Å². The lowest BCUT2D eigenvalue weighted by atomic mass is 9.82. The van der Waals surface area contributed by atoms with E-state index in [9.17, 15) is 0 Å². The molecule has 0 fully saturated rings. The predicted molar refractivity (Wildman–Crippen MR) is 289 cm³/mol. The van der Waals surface area contributed by atoms with Crippen molar-refractivity contribution < 1.29 is 4.74 Å². The Morgan fingerprint density at radius 2 is 0.783 bits per heavy atom. The second kappa shape index (κ2) is 16.3. The van der Waals surface area contributed by atoms with E-state index in [-0.39, 0.29) is 5.41 Å². The van der Waals surface area contributed by atoms with Gasteiger partial charge in [-0.2, -0.15) is 0 Å². The van der Waals surface area contributed by atoms with Crippen molar-refractivity contribution in [2.75, 3.05) is 4.90 Å². The summed E-state index contributed by atoms with van der Waals surface area (Å²) in [5.74, 6) is 1.71. The molecular formula is C67H47NO. The Balaban J connectivity index is 0.864. The Labute approximate surface area is 404 Å². The van der Waals surface area contributed by atoms with E-state index >= 15 is 0 Å². The Morgan fingerprint density at radius 1 is 0.290 bits per heavy atom. The van der Waals surface area contributed by atoms with Crippen LogP contribution in [0.15, 0.2) is 249 Å². The number of rotatable bonds is 7. The minimum Gasteiger partial charge on any atom is -0.456 e. The van der Waals surface area contributed by atoms with Crippen LogP contribution >= 0.6 is 0 Å². The molecule has 2 aliphatic rings. The zero-order valence-corrected chi connectivity index (χ0v) is 38.5. The van der Waals surface area contributed by atoms with Crippen molar-refractivity contribution in [1.29, 1.82) is 0 Å². The zero-order chi connectivity index (χ0) is 46.1. The van der Waals surface area contributed by atoms with Gasteiger partial charge in [-0.25, -0.2) is 0 Å². The minimum absolute atomic E-state index is 0.110. The fraction of sp³-hybridized carbons (Fsp3) is 0.0448. The van der Waals surface area contributed by atoms with Crippen molar-refractivity contribution in [3.63, 3.8) is 0 Å². The van der Waals surface area contributed by atoms with Gasteiger partial charge in [0.1, 0.15) is 11.5 Å². The summed E-state index contributed by atoms with van der Waals surface area (Å²) in [6.07, 6.45) is 0. The Hall–Kier alpha value is -8.72. The maximum absolute atomic E-state index is 6.92. The molecule has 0 aromatic heterocycles. The molecule has 11 aromatic carbocycles. The molecule has 326 valence electrons. The average molecular weight is 882 g/mol. The molecule has 2 nitrogen and oxygen atoms in total. The van der Waals surface area contributed by atoms with Crippen LogP contribution in [0.5, 0.6) is 11.5 Å². The fourth-order valence-corrected chi connectivity index (χ4v) is 10.9. The number of benzene rings is 11. The van der Waals surface area contributed by atoms with Crippen LogP contribution in [0.3, 0.4) is 0 Å². The molecule has 69 heavy (non-hydrogen) atoms. The van der Waals surface area contributed by atoms with Crippen LogP contribution in [0.25, 0.3) is 88.7 Å². The maximum Gasteiger partial charge on any atom is 0.135 e. The molecule has 0 unspecified atom stereocenters. The van der Waals surface area contributed by atoms with Gasteiger partial charge in [-0.15, -0.1) is 0 Å². The summed E-state index contributed by atoms with van der Waals surface area (Å²) in [6, 6.07) is 90.5. The van der Waals surface area contributed by atoms with E-state index in [0.717, 1.165) is 67.5 Å². The first-order valence-corrected chi connectivity index (χ1v) is 23.9. The number of nitrogens with zero attached hydrogens (tertiary/aromatic N) is 1. The van der Waals surface area contributed by atoms with Crippen molar-refractivity contribution in [1.82, 2.24) is 0 Å². The van der Waals surface area contributed by atoms with Crippen molar-refractivity contribution in [2.24, 2.45) is 0 Å². The van der Waals surface area contributed by atoms with Crippen molar-refractivity contribution in [3.8, 4) is 89.4 Å². The van der Waals surface area contributed by atoms with Gasteiger partial charge in [-0.05, 0) is 155 Å². The summed E-state index contributed by atoms with van der Waals surface area (Å²) in [6.45, 7) is 4.70. The van der Waals surface area contributed by atoms with E-state index in [1.807, 2.05) is 0 Å². The zero-order valence-electron chi connectivity index (χ0n) is 38.5. The summed E-state index contributed by atoms with van der Waals surface area (Å²) < 4.78 is 6.92. The highest BCUT2D eigenvalue weighted by molar-refractivity contribution is 6.04. The molecule has 11 aromatic rings. The monoisotopic (exact) mass is 881 g/mol. The number of hydrogen-bond acceptors (Lipinski definition) is 2. The Kier molecular flexibility index (Phi) is 9.55. The van der Waals surface area contributed by atoms with Gasteiger partial charge >= 0.3 is 0 Å². The third-order valence-electron chi connectivity index (χ3n) is 14.5. The van der Waals surface area contributed by atoms with Gasteiger partial charge in [0, 0.05) is 33.6 Å². The highest BCUT2D eigenvalue weighted by Crippen LogP contribution is 2.53. The number of hydrogen-bond donors (Lipinski definition) is 0. The molecule has 13 rings (SSSR count). The predicted octanol–water partition coefficient (Wildman–Crippen LogP) is 18.7. The molecule has 0 saturated heterocycles. The van der Waals surface area contributed by atoms with Crippen LogP contribution in [0.2, 0.25) is 0 Å². The van der Waals surface area contributed by atoms with Crippen LogP contribution in [-0.2, 0) is 5.41 Å². The Morgan fingerprint density at radius 3 is 1.45 bits per heavy atom. The Bertz CT molecular complexity index is 3740. The summed E-state index contributed by atoms with van der Waals surface area (Å²) in [5, 5.41) is 2.40. The van der Waals surface area contributed by atoms with E-state index < -0.39 is 0 Å². The molecule has 2 heteroatoms. The molecule has 0 bridgehead atoms. The molecule has 1 heterocycles. The summed E-state index contributed by atoms with van der Waals surface area (Å²) >= 11 is 0. The van der Waals surface area contributed by atoms with E-state index in [4.69, 9.17) is 4.74 Å². The maximum atomic E-state index is 6.92. The fourth-order valence-electron chi connectivity index (χ4n) is 10.9. The largest absolute Gasteiger partial charge is 0.456 e. The summed E-state index contributed by atoms with van der Waals surface area (Å²) in [4.78, 5) is 2.39. The molecular weight excluding hydrogens is 835 g/mol. The standard InChI is InChI=1S/C67H47NO/c1-67(2)62-22-12-11-20-57(62)58-38-37-55(43-63(58)67)68(53-33-28-47(29-34-53)44-14-5-3-6-15-44)54-35-30-48(31-36-54)46-24-26-49(27-25-46)56-21-13-23-65-66(56)61-42-51-19-10-9-18-50(51)40-59(61)60-41-52(32-39-64(60)69-65)45-16-7-4-8-17-45/h3-43H,1-2H3. The first-order valence-electron chi connectivity index (χ1n) is 23.9. The lowest BCUT2D eigenvalue weighted by molar-refractivity contribution is 0.488. The van der Waals surface area contributed by atoms with Gasteiger partial charge in [0.25, 0.3) is 0 Å². The molecule has 0 N–H and O–H groups in total. The van der Waals surface area contributed by atoms with Crippen LogP contribution in [0.1, 0.15) is 25.0 Å². The second-order valence-electron chi connectivity index (χ2n) is 18.9. The normalized spacial score (nSPS) is 12.7. The van der Waals surface area contributed by atoms with Gasteiger partial charge in [-0.1, -0.05) is 196 Å². The van der Waals surface area contributed by atoms with E-state index in [1.165, 1.54) is 60.8 Å². The number of fused-ring (bicyclic) bond motifs is 9. The average Bonchev–Trinajstić information content (AvgIpc) is 3.54. The third-order valence-corrected chi connectivity index (χ3v) is 14.5. The van der Waals surface area contributed by atoms with Gasteiger partial charge in [0.2, 0.25) is 0 Å².